The van der Waals surface area contributed by atoms with E-state index in [1.165, 1.54) is 17.9 Å². The van der Waals surface area contributed by atoms with Gasteiger partial charge < -0.3 is 10.1 Å². The van der Waals surface area contributed by atoms with Crippen LogP contribution < -0.4 is 15.6 Å². The summed E-state index contributed by atoms with van der Waals surface area (Å²) >= 11 is 7.26. The van der Waals surface area contributed by atoms with Crippen LogP contribution in [0.2, 0.25) is 5.02 Å². The molecular formula is C21H20ClN3O3S. The Bertz CT molecular complexity index is 1040. The minimum absolute atomic E-state index is 0.115. The molecule has 1 heterocycles. The number of carbonyl (C=O) groups is 1. The molecule has 3 aromatic rings. The Morgan fingerprint density at radius 3 is 2.76 bits per heavy atom. The molecule has 0 radical (unpaired) electrons. The third-order valence-electron chi connectivity index (χ3n) is 4.14. The van der Waals surface area contributed by atoms with Crippen LogP contribution in [0.15, 0.2) is 70.7 Å². The number of methoxy groups -OCH3 is 1. The summed E-state index contributed by atoms with van der Waals surface area (Å²) < 4.78 is 6.57. The monoisotopic (exact) mass is 429 g/mol. The highest BCUT2D eigenvalue weighted by Gasteiger charge is 2.11. The molecule has 3 rings (SSSR count). The first-order chi connectivity index (χ1) is 14.1. The zero-order valence-corrected chi connectivity index (χ0v) is 17.4. The molecule has 0 fully saturated rings. The van der Waals surface area contributed by atoms with Crippen LogP contribution >= 0.6 is 23.4 Å². The Balaban J connectivity index is 1.60. The highest BCUT2D eigenvalue weighted by molar-refractivity contribution is 7.99. The Morgan fingerprint density at radius 1 is 1.24 bits per heavy atom. The van der Waals surface area contributed by atoms with Crippen molar-refractivity contribution in [3.05, 3.63) is 81.9 Å². The van der Waals surface area contributed by atoms with E-state index in [1.807, 2.05) is 30.3 Å². The number of amides is 1. The molecule has 1 amide bonds. The summed E-state index contributed by atoms with van der Waals surface area (Å²) in [4.78, 5) is 28.9. The predicted molar refractivity (Wildman–Crippen MR) is 115 cm³/mol. The first-order valence-corrected chi connectivity index (χ1v) is 10.3. The number of carbonyl (C=O) groups excluding carboxylic acids is 1. The number of halogens is 1. The van der Waals surface area contributed by atoms with Crippen molar-refractivity contribution in [1.29, 1.82) is 0 Å². The van der Waals surface area contributed by atoms with Crippen LogP contribution in [-0.2, 0) is 11.2 Å². The van der Waals surface area contributed by atoms with Crippen LogP contribution in [0.25, 0.3) is 5.69 Å². The van der Waals surface area contributed by atoms with E-state index < -0.39 is 0 Å². The summed E-state index contributed by atoms with van der Waals surface area (Å²) in [5.41, 5.74) is 1.44. The number of nitrogens with one attached hydrogen (secondary N) is 1. The third-order valence-corrected chi connectivity index (χ3v) is 5.40. The van der Waals surface area contributed by atoms with Crippen molar-refractivity contribution >= 4 is 29.3 Å². The third kappa shape index (κ3) is 5.62. The maximum atomic E-state index is 12.7. The molecule has 0 bridgehead atoms. The molecule has 2 aromatic carbocycles. The summed E-state index contributed by atoms with van der Waals surface area (Å²) in [6.07, 6.45) is 3.84. The van der Waals surface area contributed by atoms with E-state index in [1.54, 1.807) is 24.4 Å². The number of thioether (sulfide) groups is 1. The summed E-state index contributed by atoms with van der Waals surface area (Å²) in [5, 5.41) is 3.51. The van der Waals surface area contributed by atoms with E-state index in [2.05, 4.69) is 10.3 Å². The molecule has 6 nitrogen and oxygen atoms in total. The molecule has 1 aromatic heterocycles. The van der Waals surface area contributed by atoms with Gasteiger partial charge in [0.2, 0.25) is 5.91 Å². The normalized spacial score (nSPS) is 10.6. The van der Waals surface area contributed by atoms with Crippen LogP contribution in [0.4, 0.5) is 0 Å². The van der Waals surface area contributed by atoms with Gasteiger partial charge in [-0.3, -0.25) is 14.2 Å². The molecule has 0 aliphatic rings. The summed E-state index contributed by atoms with van der Waals surface area (Å²) in [6, 6.07) is 15.0. The Kier molecular flexibility index (Phi) is 7.32. The van der Waals surface area contributed by atoms with Crippen LogP contribution in [-0.4, -0.2) is 34.9 Å². The van der Waals surface area contributed by atoms with Crippen LogP contribution in [0.5, 0.6) is 5.75 Å². The van der Waals surface area contributed by atoms with Crippen LogP contribution in [0.3, 0.4) is 0 Å². The summed E-state index contributed by atoms with van der Waals surface area (Å²) in [5.74, 6) is 0.499. The van der Waals surface area contributed by atoms with Crippen LogP contribution in [0, 0.1) is 0 Å². The van der Waals surface area contributed by atoms with Gasteiger partial charge in [0.25, 0.3) is 5.56 Å². The number of nitrogens with zero attached hydrogens (tertiary/aromatic N) is 2. The summed E-state index contributed by atoms with van der Waals surface area (Å²) in [6.45, 7) is 0.542. The van der Waals surface area contributed by atoms with E-state index in [0.29, 0.717) is 23.0 Å². The zero-order chi connectivity index (χ0) is 20.6. The standard InChI is InChI=1S/C21H20ClN3O3S/c1-28-18-8-7-16(13-17(18)22)25-12-11-24-20(21(25)27)29-14-19(26)23-10-9-15-5-3-2-4-6-15/h2-8,11-13H,9-10,14H2,1H3,(H,23,26). The van der Waals surface area contributed by atoms with E-state index in [0.717, 1.165) is 23.7 Å². The van der Waals surface area contributed by atoms with Crippen molar-refractivity contribution in [1.82, 2.24) is 14.9 Å². The molecule has 0 atom stereocenters. The van der Waals surface area contributed by atoms with Gasteiger partial charge in [0.05, 0.1) is 23.6 Å². The fraction of sp³-hybridized carbons (Fsp3) is 0.190. The number of aromatic nitrogens is 2. The smallest absolute Gasteiger partial charge is 0.287 e. The highest BCUT2D eigenvalue weighted by Crippen LogP contribution is 2.26. The lowest BCUT2D eigenvalue weighted by Crippen LogP contribution is -2.28. The van der Waals surface area contributed by atoms with Crippen molar-refractivity contribution in [2.24, 2.45) is 0 Å². The van der Waals surface area contributed by atoms with Crippen molar-refractivity contribution in [3.8, 4) is 11.4 Å². The van der Waals surface area contributed by atoms with Gasteiger partial charge in [-0.15, -0.1) is 0 Å². The molecule has 0 saturated heterocycles. The van der Waals surface area contributed by atoms with E-state index >= 15 is 0 Å². The second-order valence-corrected chi connectivity index (χ2v) is 7.47. The largest absolute Gasteiger partial charge is 0.495 e. The van der Waals surface area contributed by atoms with Gasteiger partial charge in [-0.05, 0) is 30.2 Å². The van der Waals surface area contributed by atoms with Crippen molar-refractivity contribution in [2.75, 3.05) is 19.4 Å². The SMILES string of the molecule is COc1ccc(-n2ccnc(SCC(=O)NCCc3ccccc3)c2=O)cc1Cl. The number of benzene rings is 2. The van der Waals surface area contributed by atoms with E-state index in [-0.39, 0.29) is 22.2 Å². The first kappa shape index (κ1) is 21.0. The first-order valence-electron chi connectivity index (χ1n) is 8.93. The Hall–Kier alpha value is -2.77. The van der Waals surface area contributed by atoms with E-state index in [4.69, 9.17) is 16.3 Å². The van der Waals surface area contributed by atoms with Crippen molar-refractivity contribution in [2.45, 2.75) is 11.4 Å². The van der Waals surface area contributed by atoms with Gasteiger partial charge in [-0.2, -0.15) is 0 Å². The average molecular weight is 430 g/mol. The average Bonchev–Trinajstić information content (AvgIpc) is 2.74. The van der Waals surface area contributed by atoms with Crippen LogP contribution in [0.1, 0.15) is 5.56 Å². The fourth-order valence-corrected chi connectivity index (χ4v) is 3.66. The molecular weight excluding hydrogens is 410 g/mol. The zero-order valence-electron chi connectivity index (χ0n) is 15.8. The van der Waals surface area contributed by atoms with Crippen molar-refractivity contribution < 1.29 is 9.53 Å². The van der Waals surface area contributed by atoms with Gasteiger partial charge in [0.15, 0.2) is 5.03 Å². The fourth-order valence-electron chi connectivity index (χ4n) is 2.68. The maximum absolute atomic E-state index is 12.7. The lowest BCUT2D eigenvalue weighted by Gasteiger charge is -2.10. The Morgan fingerprint density at radius 2 is 2.03 bits per heavy atom. The lowest BCUT2D eigenvalue weighted by atomic mass is 10.1. The second-order valence-electron chi connectivity index (χ2n) is 6.10. The minimum Gasteiger partial charge on any atom is -0.495 e. The number of rotatable bonds is 8. The van der Waals surface area contributed by atoms with Gasteiger partial charge in [-0.1, -0.05) is 53.7 Å². The molecule has 1 N–H and O–H groups in total. The van der Waals surface area contributed by atoms with Gasteiger partial charge in [0, 0.05) is 18.9 Å². The van der Waals surface area contributed by atoms with Crippen molar-refractivity contribution in [3.63, 3.8) is 0 Å². The van der Waals surface area contributed by atoms with E-state index in [9.17, 15) is 9.59 Å². The van der Waals surface area contributed by atoms with Gasteiger partial charge in [0.1, 0.15) is 5.75 Å². The van der Waals surface area contributed by atoms with Gasteiger partial charge >= 0.3 is 0 Å². The number of hydrogen-bond acceptors (Lipinski definition) is 5. The topological polar surface area (TPSA) is 73.2 Å². The number of ether oxygens (including phenoxy) is 1. The number of hydrogen-bond donors (Lipinski definition) is 1. The molecule has 0 saturated carbocycles. The maximum Gasteiger partial charge on any atom is 0.287 e. The molecule has 0 spiro atoms. The molecule has 29 heavy (non-hydrogen) atoms. The predicted octanol–water partition coefficient (Wildman–Crippen LogP) is 3.35. The molecule has 0 aliphatic carbocycles. The van der Waals surface area contributed by atoms with Gasteiger partial charge in [-0.25, -0.2) is 4.98 Å². The lowest BCUT2D eigenvalue weighted by molar-refractivity contribution is -0.118. The molecule has 8 heteroatoms. The Labute approximate surface area is 177 Å². The second kappa shape index (κ2) is 10.1. The molecule has 150 valence electrons. The minimum atomic E-state index is -0.309. The quantitative estimate of drug-likeness (QED) is 0.556. The molecule has 0 aliphatic heterocycles. The molecule has 0 unspecified atom stereocenters. The highest BCUT2D eigenvalue weighted by atomic mass is 35.5. The summed E-state index contributed by atoms with van der Waals surface area (Å²) in [7, 11) is 1.53.